The topological polar surface area (TPSA) is 76.2 Å². The minimum atomic E-state index is -0.140. The molecule has 0 spiro atoms. The smallest absolute Gasteiger partial charge is 0.235 e. The Morgan fingerprint density at radius 2 is 2.07 bits per heavy atom. The number of ether oxygens (including phenoxy) is 2. The summed E-state index contributed by atoms with van der Waals surface area (Å²) in [5.41, 5.74) is 3.65. The Hall–Kier alpha value is -2.64. The van der Waals surface area contributed by atoms with Gasteiger partial charge in [-0.3, -0.25) is 9.89 Å². The summed E-state index contributed by atoms with van der Waals surface area (Å²) in [7, 11) is 1.61. The third-order valence-electron chi connectivity index (χ3n) is 4.74. The molecule has 8 heteroatoms. The maximum atomic E-state index is 12.1. The molecule has 0 aliphatic carbocycles. The zero-order chi connectivity index (χ0) is 20.4. The molecule has 0 bridgehead atoms. The summed E-state index contributed by atoms with van der Waals surface area (Å²) < 4.78 is 11.8. The van der Waals surface area contributed by atoms with Crippen molar-refractivity contribution >= 4 is 35.1 Å². The van der Waals surface area contributed by atoms with Gasteiger partial charge in [-0.25, -0.2) is 0 Å². The van der Waals surface area contributed by atoms with Gasteiger partial charge in [0.2, 0.25) is 5.91 Å². The van der Waals surface area contributed by atoms with Crippen LogP contribution >= 0.6 is 23.4 Å². The molecule has 2 N–H and O–H groups in total. The molecule has 2 heterocycles. The molecule has 0 fully saturated rings. The number of rotatable bonds is 5. The first kappa shape index (κ1) is 19.7. The highest BCUT2D eigenvalue weighted by Gasteiger charge is 2.31. The molecule has 3 aromatic rings. The van der Waals surface area contributed by atoms with E-state index in [1.165, 1.54) is 11.8 Å². The van der Waals surface area contributed by atoms with E-state index in [4.69, 9.17) is 21.1 Å². The minimum Gasteiger partial charge on any atom is -0.493 e. The molecular weight excluding hydrogens is 410 g/mol. The number of para-hydroxylation sites is 1. The van der Waals surface area contributed by atoms with Gasteiger partial charge in [0.05, 0.1) is 18.1 Å². The molecule has 2 aromatic carbocycles. The summed E-state index contributed by atoms with van der Waals surface area (Å²) in [6.45, 7) is 2.25. The molecule has 1 unspecified atom stereocenters. The molecule has 1 aromatic heterocycles. The number of methoxy groups -OCH3 is 1. The third kappa shape index (κ3) is 3.93. The number of nitrogens with zero attached hydrogens (tertiary/aromatic N) is 1. The highest BCUT2D eigenvalue weighted by atomic mass is 35.5. The van der Waals surface area contributed by atoms with Crippen LogP contribution in [0.4, 0.5) is 5.82 Å². The minimum absolute atomic E-state index is 0.0771. The number of aryl methyl sites for hydroxylation is 1. The number of hydrogen-bond acceptors (Lipinski definition) is 5. The Balaban J connectivity index is 1.75. The first-order valence-corrected chi connectivity index (χ1v) is 10.5. The standard InChI is InChI=1S/C21H20ClN3O3S/c1-12-18-20(29-11-17(26)23-21(18)25-24-12)14-7-5-9-16(27-2)19(14)28-10-13-6-3-4-8-15(13)22/h3-9,20H,10-11H2,1-2H3,(H2,23,24,25,26). The van der Waals surface area contributed by atoms with E-state index in [2.05, 4.69) is 15.5 Å². The summed E-state index contributed by atoms with van der Waals surface area (Å²) in [4.78, 5) is 12.1. The lowest BCUT2D eigenvalue weighted by molar-refractivity contribution is -0.113. The van der Waals surface area contributed by atoms with Gasteiger partial charge in [0.15, 0.2) is 17.3 Å². The number of aromatic amines is 1. The summed E-state index contributed by atoms with van der Waals surface area (Å²) in [6, 6.07) is 13.4. The molecule has 4 rings (SSSR count). The van der Waals surface area contributed by atoms with E-state index < -0.39 is 0 Å². The van der Waals surface area contributed by atoms with Gasteiger partial charge in [-0.2, -0.15) is 5.10 Å². The molecule has 150 valence electrons. The van der Waals surface area contributed by atoms with Crippen LogP contribution in [0.1, 0.15) is 27.6 Å². The zero-order valence-corrected chi connectivity index (χ0v) is 17.6. The predicted molar refractivity (Wildman–Crippen MR) is 115 cm³/mol. The van der Waals surface area contributed by atoms with Gasteiger partial charge in [0.1, 0.15) is 6.61 Å². The van der Waals surface area contributed by atoms with Crippen LogP contribution in [0.15, 0.2) is 42.5 Å². The van der Waals surface area contributed by atoms with Crippen molar-refractivity contribution in [3.05, 3.63) is 69.9 Å². The van der Waals surface area contributed by atoms with E-state index >= 15 is 0 Å². The van der Waals surface area contributed by atoms with Crippen molar-refractivity contribution in [3.8, 4) is 11.5 Å². The largest absolute Gasteiger partial charge is 0.493 e. The fraction of sp³-hybridized carbons (Fsp3) is 0.238. The van der Waals surface area contributed by atoms with Crippen molar-refractivity contribution in [2.75, 3.05) is 18.2 Å². The Labute approximate surface area is 177 Å². The summed E-state index contributed by atoms with van der Waals surface area (Å²) in [5.74, 6) is 2.06. The van der Waals surface area contributed by atoms with Crippen molar-refractivity contribution in [2.24, 2.45) is 0 Å². The van der Waals surface area contributed by atoms with E-state index in [9.17, 15) is 4.79 Å². The van der Waals surface area contributed by atoms with Crippen LogP contribution in [0, 0.1) is 6.92 Å². The Morgan fingerprint density at radius 3 is 2.86 bits per heavy atom. The molecule has 1 aliphatic rings. The number of fused-ring (bicyclic) bond motifs is 1. The van der Waals surface area contributed by atoms with Crippen LogP contribution in [0.5, 0.6) is 11.5 Å². The van der Waals surface area contributed by atoms with Gasteiger partial charge in [-0.1, -0.05) is 41.9 Å². The number of hydrogen-bond donors (Lipinski definition) is 2. The molecule has 0 radical (unpaired) electrons. The average Bonchev–Trinajstić information content (AvgIpc) is 2.98. The Kier molecular flexibility index (Phi) is 5.69. The Bertz CT molecular complexity index is 1050. The average molecular weight is 430 g/mol. The quantitative estimate of drug-likeness (QED) is 0.613. The number of amides is 1. The van der Waals surface area contributed by atoms with Gasteiger partial charge in [-0.05, 0) is 19.1 Å². The zero-order valence-electron chi connectivity index (χ0n) is 16.0. The van der Waals surface area contributed by atoms with Crippen molar-refractivity contribution < 1.29 is 14.3 Å². The second kappa shape index (κ2) is 8.39. The number of carbonyl (C=O) groups is 1. The second-order valence-electron chi connectivity index (χ2n) is 6.61. The number of nitrogens with one attached hydrogen (secondary N) is 2. The van der Waals surface area contributed by atoms with E-state index in [0.717, 1.165) is 22.4 Å². The van der Waals surface area contributed by atoms with Gasteiger partial charge >= 0.3 is 0 Å². The molecule has 1 aliphatic heterocycles. The van der Waals surface area contributed by atoms with Crippen molar-refractivity contribution in [3.63, 3.8) is 0 Å². The lowest BCUT2D eigenvalue weighted by Gasteiger charge is -2.21. The van der Waals surface area contributed by atoms with E-state index in [1.54, 1.807) is 7.11 Å². The number of thioether (sulfide) groups is 1. The van der Waals surface area contributed by atoms with Crippen LogP contribution in [0.3, 0.4) is 0 Å². The lowest BCUT2D eigenvalue weighted by Crippen LogP contribution is -2.12. The summed E-state index contributed by atoms with van der Waals surface area (Å²) in [5, 5.41) is 10.6. The van der Waals surface area contributed by atoms with Gasteiger partial charge in [0.25, 0.3) is 0 Å². The SMILES string of the molecule is COc1cccc(C2SCC(=O)Nc3n[nH]c(C)c32)c1OCc1ccccc1Cl. The molecule has 29 heavy (non-hydrogen) atoms. The highest BCUT2D eigenvalue weighted by Crippen LogP contribution is 2.48. The fourth-order valence-electron chi connectivity index (χ4n) is 3.33. The van der Waals surface area contributed by atoms with Gasteiger partial charge in [-0.15, -0.1) is 11.8 Å². The molecule has 1 amide bonds. The lowest BCUT2D eigenvalue weighted by atomic mass is 10.0. The van der Waals surface area contributed by atoms with E-state index in [0.29, 0.717) is 34.7 Å². The normalized spacial score (nSPS) is 16.0. The van der Waals surface area contributed by atoms with Crippen LogP contribution in [0.25, 0.3) is 0 Å². The number of halogens is 1. The fourth-order valence-corrected chi connectivity index (χ4v) is 4.73. The van der Waals surface area contributed by atoms with Crippen molar-refractivity contribution in [2.45, 2.75) is 18.8 Å². The highest BCUT2D eigenvalue weighted by molar-refractivity contribution is 8.00. The number of anilines is 1. The van der Waals surface area contributed by atoms with Crippen LogP contribution in [-0.2, 0) is 11.4 Å². The number of benzene rings is 2. The van der Waals surface area contributed by atoms with Crippen LogP contribution in [-0.4, -0.2) is 29.0 Å². The Morgan fingerprint density at radius 1 is 1.24 bits per heavy atom. The first-order valence-electron chi connectivity index (χ1n) is 9.08. The monoisotopic (exact) mass is 429 g/mol. The number of aromatic nitrogens is 2. The van der Waals surface area contributed by atoms with Crippen LogP contribution in [0.2, 0.25) is 5.02 Å². The summed E-state index contributed by atoms with van der Waals surface area (Å²) in [6.07, 6.45) is 0. The molecule has 1 atom stereocenters. The maximum absolute atomic E-state index is 12.1. The molecule has 0 saturated carbocycles. The second-order valence-corrected chi connectivity index (χ2v) is 8.11. The van der Waals surface area contributed by atoms with Gasteiger partial charge < -0.3 is 14.8 Å². The van der Waals surface area contributed by atoms with Crippen molar-refractivity contribution in [1.82, 2.24) is 10.2 Å². The molecule has 0 saturated heterocycles. The number of H-pyrrole nitrogens is 1. The van der Waals surface area contributed by atoms with E-state index in [1.807, 2.05) is 49.4 Å². The predicted octanol–water partition coefficient (Wildman–Crippen LogP) is 4.73. The third-order valence-corrected chi connectivity index (χ3v) is 6.36. The first-order chi connectivity index (χ1) is 14.1. The molecule has 6 nitrogen and oxygen atoms in total. The summed E-state index contributed by atoms with van der Waals surface area (Å²) >= 11 is 7.82. The molecular formula is C21H20ClN3O3S. The van der Waals surface area contributed by atoms with Gasteiger partial charge in [0, 0.05) is 27.4 Å². The van der Waals surface area contributed by atoms with Crippen LogP contribution < -0.4 is 14.8 Å². The maximum Gasteiger partial charge on any atom is 0.235 e. The number of carbonyl (C=O) groups excluding carboxylic acids is 1. The van der Waals surface area contributed by atoms with Crippen molar-refractivity contribution in [1.29, 1.82) is 0 Å². The van der Waals surface area contributed by atoms with E-state index in [-0.39, 0.29) is 11.2 Å².